The van der Waals surface area contributed by atoms with Gasteiger partial charge in [-0.15, -0.1) is 11.3 Å². The molecule has 0 aliphatic rings. The lowest BCUT2D eigenvalue weighted by Crippen LogP contribution is -2.05. The van der Waals surface area contributed by atoms with Gasteiger partial charge in [-0.05, 0) is 19.1 Å². The zero-order valence-electron chi connectivity index (χ0n) is 9.38. The molecule has 2 rings (SSSR count). The summed E-state index contributed by atoms with van der Waals surface area (Å²) in [4.78, 5) is 19.2. The summed E-state index contributed by atoms with van der Waals surface area (Å²) in [6.07, 6.45) is 1.30. The van der Waals surface area contributed by atoms with Gasteiger partial charge >= 0.3 is 5.69 Å². The maximum atomic E-state index is 11.2. The number of hydrogen-bond donors (Lipinski definition) is 1. The van der Waals surface area contributed by atoms with E-state index < -0.39 is 4.92 Å². The van der Waals surface area contributed by atoms with E-state index in [9.17, 15) is 10.1 Å². The molecule has 0 bridgehead atoms. The molecule has 0 fully saturated rings. The highest BCUT2D eigenvalue weighted by Crippen LogP contribution is 2.37. The van der Waals surface area contributed by atoms with E-state index in [4.69, 9.17) is 11.6 Å². The third kappa shape index (κ3) is 2.41. The predicted octanol–water partition coefficient (Wildman–Crippen LogP) is 3.20. The summed E-state index contributed by atoms with van der Waals surface area (Å²) in [5, 5.41) is 14.0. The van der Waals surface area contributed by atoms with Crippen molar-refractivity contribution < 1.29 is 4.92 Å². The van der Waals surface area contributed by atoms with Crippen molar-refractivity contribution in [3.05, 3.63) is 32.9 Å². The number of nitrogens with zero attached hydrogens (tertiary/aromatic N) is 3. The highest BCUT2D eigenvalue weighted by molar-refractivity contribution is 7.19. The van der Waals surface area contributed by atoms with Crippen LogP contribution in [0.15, 0.2) is 18.5 Å². The second-order valence-corrected chi connectivity index (χ2v) is 5.03. The van der Waals surface area contributed by atoms with Crippen molar-refractivity contribution in [1.29, 1.82) is 0 Å². The maximum Gasteiger partial charge on any atom is 0.338 e. The molecule has 0 radical (unpaired) electrons. The van der Waals surface area contributed by atoms with Gasteiger partial charge < -0.3 is 5.32 Å². The van der Waals surface area contributed by atoms with E-state index in [2.05, 4.69) is 15.3 Å². The molecular weight excluding hydrogens is 276 g/mol. The molecule has 0 atom stereocenters. The smallest absolute Gasteiger partial charge is 0.338 e. The summed E-state index contributed by atoms with van der Waals surface area (Å²) in [5.74, 6) is 0.219. The van der Waals surface area contributed by atoms with Crippen LogP contribution < -0.4 is 5.32 Å². The molecule has 0 saturated heterocycles. The number of nitro groups is 1. The van der Waals surface area contributed by atoms with E-state index in [0.717, 1.165) is 0 Å². The second kappa shape index (κ2) is 5.28. The van der Waals surface area contributed by atoms with E-state index in [1.54, 1.807) is 12.1 Å². The molecule has 0 aliphatic heterocycles. The first-order valence-corrected chi connectivity index (χ1v) is 6.32. The Morgan fingerprint density at radius 1 is 1.50 bits per heavy atom. The number of rotatable bonds is 4. The number of nitrogens with one attached hydrogen (secondary N) is 1. The Balaban J connectivity index is 2.59. The largest absolute Gasteiger partial charge is 0.364 e. The minimum Gasteiger partial charge on any atom is -0.364 e. The van der Waals surface area contributed by atoms with Crippen LogP contribution in [0, 0.1) is 10.1 Å². The lowest BCUT2D eigenvalue weighted by Gasteiger charge is -2.05. The highest BCUT2D eigenvalue weighted by atomic mass is 35.5. The average molecular weight is 285 g/mol. The van der Waals surface area contributed by atoms with Gasteiger partial charge in [-0.1, -0.05) is 11.6 Å². The first-order chi connectivity index (χ1) is 8.63. The molecule has 2 heterocycles. The number of thiophene rings is 1. The van der Waals surface area contributed by atoms with Crippen molar-refractivity contribution in [3.8, 4) is 10.6 Å². The van der Waals surface area contributed by atoms with Crippen molar-refractivity contribution in [2.45, 2.75) is 6.92 Å². The van der Waals surface area contributed by atoms with Crippen LogP contribution >= 0.6 is 22.9 Å². The first-order valence-electron chi connectivity index (χ1n) is 5.12. The Kier molecular flexibility index (Phi) is 3.73. The minimum absolute atomic E-state index is 0.127. The number of hydrogen-bond acceptors (Lipinski definition) is 6. The van der Waals surface area contributed by atoms with Gasteiger partial charge in [-0.3, -0.25) is 10.1 Å². The highest BCUT2D eigenvalue weighted by Gasteiger charge is 2.24. The molecule has 0 unspecified atom stereocenters. The van der Waals surface area contributed by atoms with E-state index in [-0.39, 0.29) is 17.2 Å². The predicted molar refractivity (Wildman–Crippen MR) is 71.2 cm³/mol. The third-order valence-corrected chi connectivity index (χ3v) is 3.39. The van der Waals surface area contributed by atoms with Crippen LogP contribution in [0.2, 0.25) is 4.34 Å². The lowest BCUT2D eigenvalue weighted by molar-refractivity contribution is -0.383. The Hall–Kier alpha value is -1.73. The SMILES string of the molecule is CCNc1ncnc(-c2ccc(Cl)s2)c1[N+](=O)[O-]. The molecule has 0 amide bonds. The molecule has 0 saturated carbocycles. The van der Waals surface area contributed by atoms with Crippen LogP contribution in [0.5, 0.6) is 0 Å². The molecule has 1 N–H and O–H groups in total. The van der Waals surface area contributed by atoms with Crippen molar-refractivity contribution in [3.63, 3.8) is 0 Å². The standard InChI is InChI=1S/C10H9ClN4O2S/c1-2-12-10-9(15(16)17)8(13-5-14-10)6-3-4-7(11)18-6/h3-5H,2H2,1H3,(H,12,13,14). The normalized spacial score (nSPS) is 10.3. The molecule has 0 aliphatic carbocycles. The average Bonchev–Trinajstić information content (AvgIpc) is 2.75. The van der Waals surface area contributed by atoms with E-state index in [1.807, 2.05) is 6.92 Å². The number of aromatic nitrogens is 2. The van der Waals surface area contributed by atoms with Gasteiger partial charge in [0.1, 0.15) is 6.33 Å². The van der Waals surface area contributed by atoms with Crippen molar-refractivity contribution in [1.82, 2.24) is 9.97 Å². The summed E-state index contributed by atoms with van der Waals surface area (Å²) < 4.78 is 0.558. The summed E-state index contributed by atoms with van der Waals surface area (Å²) >= 11 is 7.07. The fraction of sp³-hybridized carbons (Fsp3) is 0.200. The van der Waals surface area contributed by atoms with Crippen molar-refractivity contribution >= 4 is 34.4 Å². The Bertz CT molecular complexity index is 587. The topological polar surface area (TPSA) is 81.0 Å². The number of anilines is 1. The third-order valence-electron chi connectivity index (χ3n) is 2.16. The minimum atomic E-state index is -0.485. The summed E-state index contributed by atoms with van der Waals surface area (Å²) in [5.41, 5.74) is 0.153. The molecule has 2 aromatic rings. The summed E-state index contributed by atoms with van der Waals surface area (Å²) in [6, 6.07) is 3.39. The van der Waals surface area contributed by atoms with E-state index in [1.165, 1.54) is 17.7 Å². The molecule has 0 aromatic carbocycles. The Morgan fingerprint density at radius 3 is 2.83 bits per heavy atom. The van der Waals surface area contributed by atoms with Gasteiger partial charge in [-0.25, -0.2) is 9.97 Å². The summed E-state index contributed by atoms with van der Waals surface area (Å²) in [6.45, 7) is 2.38. The number of halogens is 1. The fourth-order valence-corrected chi connectivity index (χ4v) is 2.51. The zero-order valence-corrected chi connectivity index (χ0v) is 11.0. The van der Waals surface area contributed by atoms with Crippen LogP contribution in [-0.2, 0) is 0 Å². The molecule has 6 nitrogen and oxygen atoms in total. The quantitative estimate of drug-likeness (QED) is 0.689. The van der Waals surface area contributed by atoms with Gasteiger partial charge in [0.2, 0.25) is 5.82 Å². The molecule has 94 valence electrons. The molecular formula is C10H9ClN4O2S. The van der Waals surface area contributed by atoms with E-state index in [0.29, 0.717) is 15.8 Å². The Labute approximate surface area is 112 Å². The van der Waals surface area contributed by atoms with E-state index >= 15 is 0 Å². The first kappa shape index (κ1) is 12.7. The lowest BCUT2D eigenvalue weighted by atomic mass is 10.2. The van der Waals surface area contributed by atoms with Crippen LogP contribution in [0.1, 0.15) is 6.92 Å². The maximum absolute atomic E-state index is 11.2. The second-order valence-electron chi connectivity index (χ2n) is 3.31. The van der Waals surface area contributed by atoms with Gasteiger partial charge in [0.05, 0.1) is 14.1 Å². The van der Waals surface area contributed by atoms with Crippen molar-refractivity contribution in [2.24, 2.45) is 0 Å². The van der Waals surface area contributed by atoms with Crippen LogP contribution in [-0.4, -0.2) is 21.4 Å². The summed E-state index contributed by atoms with van der Waals surface area (Å²) in [7, 11) is 0. The van der Waals surface area contributed by atoms with Crippen LogP contribution in [0.4, 0.5) is 11.5 Å². The van der Waals surface area contributed by atoms with Crippen LogP contribution in [0.3, 0.4) is 0 Å². The van der Waals surface area contributed by atoms with Gasteiger partial charge in [0.15, 0.2) is 5.69 Å². The van der Waals surface area contributed by atoms with Crippen LogP contribution in [0.25, 0.3) is 10.6 Å². The Morgan fingerprint density at radius 2 is 2.28 bits per heavy atom. The molecule has 8 heteroatoms. The molecule has 18 heavy (non-hydrogen) atoms. The zero-order chi connectivity index (χ0) is 13.1. The molecule has 0 spiro atoms. The fourth-order valence-electron chi connectivity index (χ4n) is 1.47. The molecule has 2 aromatic heterocycles. The van der Waals surface area contributed by atoms with Gasteiger partial charge in [0, 0.05) is 6.54 Å². The van der Waals surface area contributed by atoms with Gasteiger partial charge in [-0.2, -0.15) is 0 Å². The van der Waals surface area contributed by atoms with Crippen molar-refractivity contribution in [2.75, 3.05) is 11.9 Å². The monoisotopic (exact) mass is 284 g/mol. The van der Waals surface area contributed by atoms with Gasteiger partial charge in [0.25, 0.3) is 0 Å².